The van der Waals surface area contributed by atoms with E-state index in [0.29, 0.717) is 42.4 Å². The first kappa shape index (κ1) is 17.2. The Balaban J connectivity index is 1.83. The predicted octanol–water partition coefficient (Wildman–Crippen LogP) is 5.92. The molecule has 4 nitrogen and oxygen atoms in total. The van der Waals surface area contributed by atoms with Gasteiger partial charge in [0.15, 0.2) is 5.82 Å². The van der Waals surface area contributed by atoms with Gasteiger partial charge in [-0.25, -0.2) is 0 Å². The molecule has 0 atom stereocenters. The highest BCUT2D eigenvalue weighted by atomic mass is 35.5. The van der Waals surface area contributed by atoms with Crippen molar-refractivity contribution in [3.63, 3.8) is 0 Å². The van der Waals surface area contributed by atoms with E-state index in [9.17, 15) is 0 Å². The molecule has 0 amide bonds. The minimum Gasteiger partial charge on any atom is -0.186 e. The van der Waals surface area contributed by atoms with Gasteiger partial charge < -0.3 is 0 Å². The molecule has 0 aliphatic carbocycles. The maximum absolute atomic E-state index is 6.31. The summed E-state index contributed by atoms with van der Waals surface area (Å²) < 4.78 is 1.67. The molecule has 0 saturated carbocycles. The van der Waals surface area contributed by atoms with E-state index in [2.05, 4.69) is 15.3 Å². The molecule has 126 valence electrons. The van der Waals surface area contributed by atoms with Gasteiger partial charge >= 0.3 is 0 Å². The van der Waals surface area contributed by atoms with E-state index in [4.69, 9.17) is 46.4 Å². The van der Waals surface area contributed by atoms with Crippen LogP contribution in [0, 0.1) is 0 Å². The standard InChI is InChI=1S/C16H8Cl4N4S/c17-8-1-3-10(12(19)5-8)14-7-25-16-22-21-15(24(16)23-14)11-4-2-9(18)6-13(11)20/h1-6H,7H2. The van der Waals surface area contributed by atoms with E-state index in [-0.39, 0.29) is 0 Å². The summed E-state index contributed by atoms with van der Waals surface area (Å²) in [7, 11) is 0. The number of hydrogen-bond donors (Lipinski definition) is 0. The summed E-state index contributed by atoms with van der Waals surface area (Å²) in [5, 5.41) is 15.9. The van der Waals surface area contributed by atoms with Crippen LogP contribution in [0.15, 0.2) is 46.7 Å². The van der Waals surface area contributed by atoms with E-state index in [1.165, 1.54) is 11.8 Å². The molecule has 1 aliphatic rings. The Morgan fingerprint density at radius 2 is 1.48 bits per heavy atom. The van der Waals surface area contributed by atoms with E-state index < -0.39 is 0 Å². The molecule has 0 bridgehead atoms. The van der Waals surface area contributed by atoms with Crippen molar-refractivity contribution in [1.82, 2.24) is 14.9 Å². The van der Waals surface area contributed by atoms with Crippen LogP contribution in [0.3, 0.4) is 0 Å². The van der Waals surface area contributed by atoms with Crippen LogP contribution in [0.25, 0.3) is 11.4 Å². The van der Waals surface area contributed by atoms with Gasteiger partial charge in [0.05, 0.1) is 15.8 Å². The summed E-state index contributed by atoms with van der Waals surface area (Å²) in [5.41, 5.74) is 2.34. The SMILES string of the molecule is Clc1ccc(C2=Nn3c(nnc3-c3ccc(Cl)cc3Cl)SC2)c(Cl)c1. The highest BCUT2D eigenvalue weighted by Gasteiger charge is 2.23. The van der Waals surface area contributed by atoms with Gasteiger partial charge in [0.1, 0.15) is 0 Å². The first-order chi connectivity index (χ1) is 12.0. The molecule has 3 aromatic rings. The summed E-state index contributed by atoms with van der Waals surface area (Å²) >= 11 is 26.1. The first-order valence-corrected chi connectivity index (χ1v) is 9.59. The molecule has 0 unspecified atom stereocenters. The molecular formula is C16H8Cl4N4S. The van der Waals surface area contributed by atoms with Gasteiger partial charge in [-0.1, -0.05) is 64.2 Å². The fourth-order valence-corrected chi connectivity index (χ4v) is 4.26. The number of nitrogens with zero attached hydrogens (tertiary/aromatic N) is 4. The zero-order valence-corrected chi connectivity index (χ0v) is 16.2. The average Bonchev–Trinajstić information content (AvgIpc) is 2.98. The summed E-state index contributed by atoms with van der Waals surface area (Å²) in [6.07, 6.45) is 0. The Kier molecular flexibility index (Phi) is 4.69. The maximum atomic E-state index is 6.31. The molecule has 0 spiro atoms. The molecule has 25 heavy (non-hydrogen) atoms. The fourth-order valence-electron chi connectivity index (χ4n) is 2.42. The molecule has 0 saturated heterocycles. The van der Waals surface area contributed by atoms with Crippen LogP contribution in [-0.2, 0) is 0 Å². The van der Waals surface area contributed by atoms with Gasteiger partial charge in [-0.15, -0.1) is 10.2 Å². The lowest BCUT2D eigenvalue weighted by Crippen LogP contribution is -2.14. The second kappa shape index (κ2) is 6.82. The zero-order chi connectivity index (χ0) is 17.6. The summed E-state index contributed by atoms with van der Waals surface area (Å²) in [5.74, 6) is 1.18. The van der Waals surface area contributed by atoms with Crippen LogP contribution in [-0.4, -0.2) is 26.3 Å². The quantitative estimate of drug-likeness (QED) is 0.507. The van der Waals surface area contributed by atoms with Crippen molar-refractivity contribution in [3.8, 4) is 11.4 Å². The topological polar surface area (TPSA) is 43.1 Å². The Morgan fingerprint density at radius 3 is 2.12 bits per heavy atom. The smallest absolute Gasteiger partial charge is 0.186 e. The highest BCUT2D eigenvalue weighted by molar-refractivity contribution is 7.99. The van der Waals surface area contributed by atoms with Crippen LogP contribution in [0.4, 0.5) is 0 Å². The normalized spacial score (nSPS) is 13.5. The number of aromatic nitrogens is 3. The largest absolute Gasteiger partial charge is 0.212 e. The number of fused-ring (bicyclic) bond motifs is 1. The predicted molar refractivity (Wildman–Crippen MR) is 105 cm³/mol. The van der Waals surface area contributed by atoms with Crippen molar-refractivity contribution in [1.29, 1.82) is 0 Å². The molecule has 1 aliphatic heterocycles. The van der Waals surface area contributed by atoms with Gasteiger partial charge in [-0.3, -0.25) is 0 Å². The number of benzene rings is 2. The van der Waals surface area contributed by atoms with Crippen LogP contribution < -0.4 is 0 Å². The van der Waals surface area contributed by atoms with Crippen LogP contribution in [0.2, 0.25) is 20.1 Å². The minimum atomic E-state index is 0.486. The first-order valence-electron chi connectivity index (χ1n) is 7.10. The van der Waals surface area contributed by atoms with E-state index in [1.807, 2.05) is 6.07 Å². The number of hydrogen-bond acceptors (Lipinski definition) is 4. The lowest BCUT2D eigenvalue weighted by molar-refractivity contribution is 0.762. The zero-order valence-electron chi connectivity index (χ0n) is 12.4. The second-order valence-corrected chi connectivity index (χ2v) is 7.83. The fraction of sp³-hybridized carbons (Fsp3) is 0.0625. The van der Waals surface area contributed by atoms with Gasteiger partial charge in [-0.05, 0) is 30.3 Å². The van der Waals surface area contributed by atoms with E-state index in [0.717, 1.165) is 11.3 Å². The van der Waals surface area contributed by atoms with Gasteiger partial charge in [0, 0.05) is 26.9 Å². The van der Waals surface area contributed by atoms with Crippen LogP contribution in [0.5, 0.6) is 0 Å². The third-order valence-corrected chi connectivity index (χ3v) is 5.61. The Hall–Kier alpha value is -1.24. The van der Waals surface area contributed by atoms with Crippen molar-refractivity contribution in [3.05, 3.63) is 62.1 Å². The summed E-state index contributed by atoms with van der Waals surface area (Å²) in [6.45, 7) is 0. The third kappa shape index (κ3) is 3.27. The van der Waals surface area contributed by atoms with Gasteiger partial charge in [0.25, 0.3) is 0 Å². The third-order valence-electron chi connectivity index (χ3n) is 3.58. The van der Waals surface area contributed by atoms with Crippen LogP contribution >= 0.6 is 58.2 Å². The Morgan fingerprint density at radius 1 is 0.840 bits per heavy atom. The van der Waals surface area contributed by atoms with E-state index >= 15 is 0 Å². The molecule has 0 N–H and O–H groups in total. The molecule has 2 heterocycles. The Labute approximate surface area is 167 Å². The van der Waals surface area contributed by atoms with Crippen molar-refractivity contribution < 1.29 is 0 Å². The maximum Gasteiger partial charge on any atom is 0.212 e. The molecule has 0 fully saturated rings. The summed E-state index contributed by atoms with van der Waals surface area (Å²) in [4.78, 5) is 0. The second-order valence-electron chi connectivity index (χ2n) is 5.20. The van der Waals surface area contributed by atoms with E-state index in [1.54, 1.807) is 35.0 Å². The van der Waals surface area contributed by atoms with Crippen molar-refractivity contribution in [2.45, 2.75) is 5.16 Å². The molecular weight excluding hydrogens is 422 g/mol. The van der Waals surface area contributed by atoms with Crippen molar-refractivity contribution in [2.24, 2.45) is 5.10 Å². The minimum absolute atomic E-state index is 0.486. The van der Waals surface area contributed by atoms with Gasteiger partial charge in [-0.2, -0.15) is 9.78 Å². The Bertz CT molecular complexity index is 1020. The monoisotopic (exact) mass is 428 g/mol. The highest BCUT2D eigenvalue weighted by Crippen LogP contribution is 2.34. The lowest BCUT2D eigenvalue weighted by atomic mass is 10.1. The molecule has 9 heteroatoms. The van der Waals surface area contributed by atoms with Crippen molar-refractivity contribution in [2.75, 3.05) is 5.75 Å². The number of rotatable bonds is 2. The average molecular weight is 430 g/mol. The molecule has 1 aromatic heterocycles. The molecule has 2 aromatic carbocycles. The molecule has 0 radical (unpaired) electrons. The lowest BCUT2D eigenvalue weighted by Gasteiger charge is -2.15. The van der Waals surface area contributed by atoms with Crippen LogP contribution in [0.1, 0.15) is 5.56 Å². The number of halogens is 4. The number of thioether (sulfide) groups is 1. The summed E-state index contributed by atoms with van der Waals surface area (Å²) in [6, 6.07) is 10.6. The van der Waals surface area contributed by atoms with Gasteiger partial charge in [0.2, 0.25) is 5.16 Å². The molecule has 4 rings (SSSR count). The van der Waals surface area contributed by atoms with Crippen molar-refractivity contribution >= 4 is 63.9 Å².